The number of para-hydroxylation sites is 1. The van der Waals surface area contributed by atoms with Crippen molar-refractivity contribution in [3.8, 4) is 11.5 Å². The van der Waals surface area contributed by atoms with Gasteiger partial charge in [0.1, 0.15) is 11.5 Å². The zero-order valence-corrected chi connectivity index (χ0v) is 23.9. The van der Waals surface area contributed by atoms with Crippen molar-refractivity contribution in [2.75, 3.05) is 17.6 Å². The van der Waals surface area contributed by atoms with Crippen LogP contribution in [-0.2, 0) is 4.79 Å². The van der Waals surface area contributed by atoms with Crippen LogP contribution in [0.25, 0.3) is 0 Å². The van der Waals surface area contributed by atoms with Crippen LogP contribution in [0.3, 0.4) is 0 Å². The van der Waals surface area contributed by atoms with E-state index in [2.05, 4.69) is 17.1 Å². The Kier molecular flexibility index (Phi) is 8.59. The van der Waals surface area contributed by atoms with Crippen LogP contribution in [0, 0.1) is 17.8 Å². The van der Waals surface area contributed by atoms with Crippen molar-refractivity contribution in [2.45, 2.75) is 76.3 Å². The molecular formula is C31H40ClN3O2S. The van der Waals surface area contributed by atoms with Gasteiger partial charge in [0.2, 0.25) is 5.91 Å². The normalized spacial score (nSPS) is 30.3. The number of nitrogens with zero attached hydrogens (tertiary/aromatic N) is 2. The van der Waals surface area contributed by atoms with Crippen molar-refractivity contribution in [1.82, 2.24) is 4.90 Å². The van der Waals surface area contributed by atoms with Crippen molar-refractivity contribution in [3.05, 3.63) is 54.6 Å². The highest BCUT2D eigenvalue weighted by molar-refractivity contribution is 8.14. The highest BCUT2D eigenvalue weighted by Crippen LogP contribution is 2.57. The van der Waals surface area contributed by atoms with Crippen LogP contribution < -0.4 is 10.1 Å². The quantitative estimate of drug-likeness (QED) is 0.344. The molecular weight excluding hydrogens is 514 g/mol. The number of amidine groups is 1. The van der Waals surface area contributed by atoms with E-state index in [4.69, 9.17) is 9.73 Å². The van der Waals surface area contributed by atoms with E-state index in [1.807, 2.05) is 66.4 Å². The Labute approximate surface area is 237 Å². The molecule has 1 atom stereocenters. The number of rotatable bonds is 9. The first-order valence-corrected chi connectivity index (χ1v) is 15.2. The average Bonchev–Trinajstić information content (AvgIpc) is 3.23. The molecule has 1 unspecified atom stereocenters. The van der Waals surface area contributed by atoms with Gasteiger partial charge in [0, 0.05) is 30.4 Å². The number of ether oxygens (including phenoxy) is 1. The number of halogens is 1. The highest BCUT2D eigenvalue weighted by Gasteiger charge is 2.51. The molecule has 1 N–H and O–H groups in total. The van der Waals surface area contributed by atoms with E-state index >= 15 is 0 Å². The molecule has 4 saturated carbocycles. The van der Waals surface area contributed by atoms with Crippen molar-refractivity contribution in [2.24, 2.45) is 22.7 Å². The molecule has 5 aliphatic rings. The van der Waals surface area contributed by atoms with E-state index in [-0.39, 0.29) is 29.9 Å². The number of benzene rings is 2. The second-order valence-electron chi connectivity index (χ2n) is 11.7. The summed E-state index contributed by atoms with van der Waals surface area (Å²) in [4.78, 5) is 21.1. The number of carbonyl (C=O) groups is 1. The van der Waals surface area contributed by atoms with E-state index in [1.54, 1.807) is 0 Å². The Morgan fingerprint density at radius 2 is 1.63 bits per heavy atom. The topological polar surface area (TPSA) is 53.9 Å². The number of anilines is 1. The molecule has 0 spiro atoms. The predicted molar refractivity (Wildman–Crippen MR) is 160 cm³/mol. The van der Waals surface area contributed by atoms with Gasteiger partial charge in [0.15, 0.2) is 5.17 Å². The predicted octanol–water partition coefficient (Wildman–Crippen LogP) is 7.77. The smallest absolute Gasteiger partial charge is 0.226 e. The molecule has 7 heteroatoms. The SMILES string of the molecule is CCCCN1C(=NC23CC4CC(CC(C4)C2)C3)SCC1CC(=O)Nc1ccc(Oc2ccccc2)cc1.Cl. The fourth-order valence-corrected chi connectivity index (χ4v) is 8.74. The summed E-state index contributed by atoms with van der Waals surface area (Å²) in [5.74, 6) is 5.28. The Balaban J connectivity index is 0.00000294. The summed E-state index contributed by atoms with van der Waals surface area (Å²) in [6.45, 7) is 3.24. The van der Waals surface area contributed by atoms with E-state index in [1.165, 1.54) is 43.7 Å². The van der Waals surface area contributed by atoms with Crippen LogP contribution in [0.1, 0.15) is 64.7 Å². The van der Waals surface area contributed by atoms with Gasteiger partial charge in [-0.05, 0) is 99.1 Å². The molecule has 4 aliphatic carbocycles. The van der Waals surface area contributed by atoms with Gasteiger partial charge in [-0.15, -0.1) is 12.4 Å². The van der Waals surface area contributed by atoms with Gasteiger partial charge in [-0.2, -0.15) is 0 Å². The molecule has 0 radical (unpaired) electrons. The average molecular weight is 554 g/mol. The van der Waals surface area contributed by atoms with E-state index < -0.39 is 0 Å². The van der Waals surface area contributed by atoms with Gasteiger partial charge >= 0.3 is 0 Å². The molecule has 7 rings (SSSR count). The maximum atomic E-state index is 13.1. The minimum Gasteiger partial charge on any atom is -0.457 e. The van der Waals surface area contributed by atoms with Gasteiger partial charge in [-0.25, -0.2) is 0 Å². The lowest BCUT2D eigenvalue weighted by Crippen LogP contribution is -2.50. The summed E-state index contributed by atoms with van der Waals surface area (Å²) in [7, 11) is 0. The third kappa shape index (κ3) is 6.17. The summed E-state index contributed by atoms with van der Waals surface area (Å²) in [6.07, 6.45) is 11.0. The van der Waals surface area contributed by atoms with E-state index in [9.17, 15) is 4.79 Å². The van der Waals surface area contributed by atoms with Crippen LogP contribution in [0.5, 0.6) is 11.5 Å². The minimum absolute atomic E-state index is 0. The molecule has 2 aromatic rings. The molecule has 204 valence electrons. The monoisotopic (exact) mass is 553 g/mol. The van der Waals surface area contributed by atoms with Gasteiger partial charge in [-0.1, -0.05) is 43.3 Å². The number of hydrogen-bond acceptors (Lipinski definition) is 4. The second-order valence-corrected chi connectivity index (χ2v) is 12.7. The van der Waals surface area contributed by atoms with Gasteiger partial charge in [0.25, 0.3) is 0 Å². The van der Waals surface area contributed by atoms with Gasteiger partial charge in [0.05, 0.1) is 5.54 Å². The minimum atomic E-state index is 0. The second kappa shape index (κ2) is 11.9. The van der Waals surface area contributed by atoms with Crippen LogP contribution in [0.15, 0.2) is 59.6 Å². The van der Waals surface area contributed by atoms with Crippen molar-refractivity contribution < 1.29 is 9.53 Å². The number of amides is 1. The van der Waals surface area contributed by atoms with Crippen molar-refractivity contribution in [3.63, 3.8) is 0 Å². The highest BCUT2D eigenvalue weighted by atomic mass is 35.5. The molecule has 1 aliphatic heterocycles. The first-order valence-electron chi connectivity index (χ1n) is 14.2. The molecule has 1 saturated heterocycles. The fraction of sp³-hybridized carbons (Fsp3) is 0.548. The van der Waals surface area contributed by atoms with Gasteiger partial charge < -0.3 is 15.0 Å². The number of nitrogens with one attached hydrogen (secondary N) is 1. The molecule has 2 aromatic carbocycles. The summed E-state index contributed by atoms with van der Waals surface area (Å²) >= 11 is 1.89. The first-order chi connectivity index (χ1) is 18.1. The summed E-state index contributed by atoms with van der Waals surface area (Å²) < 4.78 is 5.87. The van der Waals surface area contributed by atoms with E-state index in [0.717, 1.165) is 60.1 Å². The van der Waals surface area contributed by atoms with Crippen LogP contribution in [0.2, 0.25) is 0 Å². The molecule has 5 fully saturated rings. The molecule has 5 nitrogen and oxygen atoms in total. The largest absolute Gasteiger partial charge is 0.457 e. The summed E-state index contributed by atoms with van der Waals surface area (Å²) in [6, 6.07) is 17.6. The third-order valence-electron chi connectivity index (χ3n) is 8.72. The van der Waals surface area contributed by atoms with Crippen LogP contribution >= 0.6 is 24.2 Å². The zero-order valence-electron chi connectivity index (χ0n) is 22.3. The summed E-state index contributed by atoms with van der Waals surface area (Å²) in [5.41, 5.74) is 0.987. The lowest BCUT2D eigenvalue weighted by atomic mass is 9.53. The molecule has 1 amide bonds. The lowest BCUT2D eigenvalue weighted by Gasteiger charge is -2.55. The van der Waals surface area contributed by atoms with Crippen LogP contribution in [-0.4, -0.2) is 39.9 Å². The van der Waals surface area contributed by atoms with Gasteiger partial charge in [-0.3, -0.25) is 9.79 Å². The Hall–Kier alpha value is -2.18. The Morgan fingerprint density at radius 1 is 1.00 bits per heavy atom. The lowest BCUT2D eigenvalue weighted by molar-refractivity contribution is -0.116. The van der Waals surface area contributed by atoms with E-state index in [0.29, 0.717) is 6.42 Å². The molecule has 0 aromatic heterocycles. The molecule has 38 heavy (non-hydrogen) atoms. The Bertz CT molecular complexity index is 1090. The third-order valence-corrected chi connectivity index (χ3v) is 9.86. The zero-order chi connectivity index (χ0) is 25.2. The number of carbonyl (C=O) groups excluding carboxylic acids is 1. The van der Waals surface area contributed by atoms with Crippen molar-refractivity contribution >= 4 is 40.9 Å². The molecule has 1 heterocycles. The summed E-state index contributed by atoms with van der Waals surface area (Å²) in [5, 5.41) is 4.33. The number of hydrogen-bond donors (Lipinski definition) is 1. The number of thioether (sulfide) groups is 1. The number of aliphatic imine (C=N–C) groups is 1. The Morgan fingerprint density at radius 3 is 2.26 bits per heavy atom. The molecule has 4 bridgehead atoms. The maximum Gasteiger partial charge on any atom is 0.226 e. The standard InChI is InChI=1S/C31H39N3O2S.ClH/c1-2-3-13-34-26(21-37-30(34)33-31-18-22-14-23(19-31)16-24(15-22)20-31)17-29(35)32-25-9-11-28(12-10-25)36-27-7-5-4-6-8-27;/h4-12,22-24,26H,2-3,13-21H2,1H3,(H,32,35);1H. The van der Waals surface area contributed by atoms with Crippen LogP contribution in [0.4, 0.5) is 5.69 Å². The number of unbranched alkanes of at least 4 members (excludes halogenated alkanes) is 1. The van der Waals surface area contributed by atoms with Crippen molar-refractivity contribution in [1.29, 1.82) is 0 Å². The maximum absolute atomic E-state index is 13.1. The fourth-order valence-electron chi connectivity index (χ4n) is 7.43. The first kappa shape index (κ1) is 27.4.